The van der Waals surface area contributed by atoms with Crippen molar-refractivity contribution in [3.8, 4) is 17.2 Å². The topological polar surface area (TPSA) is 104 Å². The third kappa shape index (κ3) is 3.32. The third-order valence-electron chi connectivity index (χ3n) is 4.33. The largest absolute Gasteiger partial charge is 0.507 e. The van der Waals surface area contributed by atoms with Crippen LogP contribution in [0.5, 0.6) is 17.2 Å². The van der Waals surface area contributed by atoms with Gasteiger partial charge in [-0.25, -0.2) is 16.3 Å². The molecule has 1 saturated heterocycles. The minimum atomic E-state index is -0.424. The first kappa shape index (κ1) is 16.4. The van der Waals surface area contributed by atoms with Crippen LogP contribution in [-0.4, -0.2) is 30.1 Å². The van der Waals surface area contributed by atoms with Crippen LogP contribution in [0.3, 0.4) is 0 Å². The number of nitrogens with zero attached hydrogens (tertiary/aromatic N) is 1. The average Bonchev–Trinajstić information content (AvgIpc) is 3.32. The zero-order chi connectivity index (χ0) is 17.9. The number of para-hydroxylation sites is 1. The van der Waals surface area contributed by atoms with Crippen molar-refractivity contribution in [3.05, 3.63) is 53.6 Å². The van der Waals surface area contributed by atoms with E-state index in [1.807, 2.05) is 18.2 Å². The number of amides is 1. The van der Waals surface area contributed by atoms with E-state index in [1.54, 1.807) is 24.3 Å². The third-order valence-corrected chi connectivity index (χ3v) is 4.33. The molecule has 26 heavy (non-hydrogen) atoms. The number of nitrogens with one attached hydrogen (secondary N) is 3. The number of ether oxygens (including phenoxy) is 2. The number of carbonyl (C=O) groups excluding carboxylic acids is 1. The summed E-state index contributed by atoms with van der Waals surface area (Å²) < 4.78 is 10.7. The van der Waals surface area contributed by atoms with E-state index in [1.165, 1.54) is 6.21 Å². The molecule has 1 fully saturated rings. The zero-order valence-corrected chi connectivity index (χ0v) is 13.8. The predicted molar refractivity (Wildman–Crippen MR) is 93.8 cm³/mol. The fourth-order valence-electron chi connectivity index (χ4n) is 2.92. The molecule has 0 aliphatic carbocycles. The number of aromatic hydroxyl groups is 1. The van der Waals surface area contributed by atoms with Crippen LogP contribution in [0, 0.1) is 0 Å². The maximum absolute atomic E-state index is 12.3. The van der Waals surface area contributed by atoms with Crippen molar-refractivity contribution in [1.82, 2.24) is 16.3 Å². The van der Waals surface area contributed by atoms with Gasteiger partial charge < -0.3 is 14.6 Å². The van der Waals surface area contributed by atoms with Crippen molar-refractivity contribution in [2.24, 2.45) is 5.10 Å². The van der Waals surface area contributed by atoms with Crippen LogP contribution >= 0.6 is 0 Å². The Labute approximate surface area is 149 Å². The van der Waals surface area contributed by atoms with E-state index >= 15 is 0 Å². The number of hydrazone groups is 1. The van der Waals surface area contributed by atoms with Crippen molar-refractivity contribution >= 4 is 12.1 Å². The summed E-state index contributed by atoms with van der Waals surface area (Å²) in [4.78, 5) is 12.3. The second-order valence-electron chi connectivity index (χ2n) is 6.04. The molecule has 2 unspecified atom stereocenters. The molecule has 0 bridgehead atoms. The molecule has 2 aliphatic heterocycles. The second-order valence-corrected chi connectivity index (χ2v) is 6.04. The van der Waals surface area contributed by atoms with E-state index in [0.717, 1.165) is 11.3 Å². The van der Waals surface area contributed by atoms with Gasteiger partial charge in [-0.15, -0.1) is 0 Å². The molecule has 2 aromatic carbocycles. The SMILES string of the molecule is O=C(N/N=C/c1ccccc1O)C1CC(c2ccc3c(c2)OCO3)NN1. The van der Waals surface area contributed by atoms with E-state index in [2.05, 4.69) is 21.4 Å². The summed E-state index contributed by atoms with van der Waals surface area (Å²) in [5.41, 5.74) is 10.1. The Morgan fingerprint density at radius 1 is 1.19 bits per heavy atom. The van der Waals surface area contributed by atoms with Crippen molar-refractivity contribution in [1.29, 1.82) is 0 Å². The number of fused-ring (bicyclic) bond motifs is 1. The molecule has 134 valence electrons. The van der Waals surface area contributed by atoms with E-state index in [0.29, 0.717) is 17.7 Å². The molecule has 4 rings (SSSR count). The highest BCUT2D eigenvalue weighted by Gasteiger charge is 2.31. The minimum Gasteiger partial charge on any atom is -0.507 e. The van der Waals surface area contributed by atoms with Gasteiger partial charge in [0.05, 0.1) is 6.21 Å². The number of benzene rings is 2. The van der Waals surface area contributed by atoms with Gasteiger partial charge in [0.2, 0.25) is 6.79 Å². The van der Waals surface area contributed by atoms with Crippen LogP contribution in [-0.2, 0) is 4.79 Å². The number of hydrogen-bond acceptors (Lipinski definition) is 7. The highest BCUT2D eigenvalue weighted by atomic mass is 16.7. The lowest BCUT2D eigenvalue weighted by Gasteiger charge is -2.10. The lowest BCUT2D eigenvalue weighted by molar-refractivity contribution is -0.122. The molecule has 2 aliphatic rings. The molecular formula is C18H18N4O4. The molecule has 8 nitrogen and oxygen atoms in total. The Balaban J connectivity index is 1.35. The van der Waals surface area contributed by atoms with E-state index in [9.17, 15) is 9.90 Å². The minimum absolute atomic E-state index is 0.0256. The Morgan fingerprint density at radius 3 is 2.92 bits per heavy atom. The molecule has 0 radical (unpaired) electrons. The normalized spacial score (nSPS) is 21.2. The van der Waals surface area contributed by atoms with Gasteiger partial charge in [0.15, 0.2) is 11.5 Å². The van der Waals surface area contributed by atoms with E-state index in [4.69, 9.17) is 9.47 Å². The Hall–Kier alpha value is -3.10. The van der Waals surface area contributed by atoms with Gasteiger partial charge in [-0.1, -0.05) is 18.2 Å². The smallest absolute Gasteiger partial charge is 0.258 e. The lowest BCUT2D eigenvalue weighted by Crippen LogP contribution is -2.41. The number of carbonyl (C=O) groups is 1. The van der Waals surface area contributed by atoms with Gasteiger partial charge >= 0.3 is 0 Å². The summed E-state index contributed by atoms with van der Waals surface area (Å²) in [5.74, 6) is 1.29. The Kier molecular flexibility index (Phi) is 4.42. The van der Waals surface area contributed by atoms with Gasteiger partial charge in [-0.05, 0) is 36.2 Å². The van der Waals surface area contributed by atoms with Crippen molar-refractivity contribution in [2.75, 3.05) is 6.79 Å². The summed E-state index contributed by atoms with van der Waals surface area (Å²) in [7, 11) is 0. The number of hydrazine groups is 1. The van der Waals surface area contributed by atoms with Crippen LogP contribution in [0.4, 0.5) is 0 Å². The van der Waals surface area contributed by atoms with Crippen LogP contribution in [0.1, 0.15) is 23.6 Å². The molecule has 2 aromatic rings. The van der Waals surface area contributed by atoms with Gasteiger partial charge in [0.1, 0.15) is 11.8 Å². The van der Waals surface area contributed by atoms with Gasteiger partial charge in [0.25, 0.3) is 5.91 Å². The predicted octanol–water partition coefficient (Wildman–Crippen LogP) is 1.18. The number of phenols is 1. The summed E-state index contributed by atoms with van der Waals surface area (Å²) in [6.45, 7) is 0.231. The molecule has 0 saturated carbocycles. The van der Waals surface area contributed by atoms with E-state index in [-0.39, 0.29) is 24.5 Å². The van der Waals surface area contributed by atoms with Crippen LogP contribution < -0.4 is 25.8 Å². The number of rotatable bonds is 4. The monoisotopic (exact) mass is 354 g/mol. The summed E-state index contributed by atoms with van der Waals surface area (Å²) in [6, 6.07) is 12.0. The molecule has 0 aromatic heterocycles. The highest BCUT2D eigenvalue weighted by molar-refractivity contribution is 5.86. The molecular weight excluding hydrogens is 336 g/mol. The zero-order valence-electron chi connectivity index (χ0n) is 13.8. The fraction of sp³-hybridized carbons (Fsp3) is 0.222. The molecule has 0 spiro atoms. The number of hydrogen-bond donors (Lipinski definition) is 4. The van der Waals surface area contributed by atoms with Crippen LogP contribution in [0.2, 0.25) is 0 Å². The second kappa shape index (κ2) is 7.03. The van der Waals surface area contributed by atoms with E-state index < -0.39 is 6.04 Å². The molecule has 2 heterocycles. The first-order valence-corrected chi connectivity index (χ1v) is 8.22. The summed E-state index contributed by atoms with van der Waals surface area (Å²) in [5, 5.41) is 13.6. The van der Waals surface area contributed by atoms with Gasteiger partial charge in [0, 0.05) is 11.6 Å². The molecule has 2 atom stereocenters. The molecule has 8 heteroatoms. The standard InChI is InChI=1S/C18H18N4O4/c23-15-4-2-1-3-12(15)9-19-22-18(24)14-8-13(20-21-14)11-5-6-16-17(7-11)26-10-25-16/h1-7,9,13-14,20-21,23H,8,10H2,(H,22,24)/b19-9+. The quantitative estimate of drug-likeness (QED) is 0.486. The summed E-state index contributed by atoms with van der Waals surface area (Å²) in [6.07, 6.45) is 1.97. The maximum Gasteiger partial charge on any atom is 0.258 e. The van der Waals surface area contributed by atoms with Gasteiger partial charge in [-0.3, -0.25) is 4.79 Å². The molecule has 1 amide bonds. The maximum atomic E-state index is 12.3. The first-order valence-electron chi connectivity index (χ1n) is 8.22. The van der Waals surface area contributed by atoms with Crippen molar-refractivity contribution in [3.63, 3.8) is 0 Å². The van der Waals surface area contributed by atoms with Crippen LogP contribution in [0.15, 0.2) is 47.6 Å². The number of phenolic OH excluding ortho intramolecular Hbond substituents is 1. The highest BCUT2D eigenvalue weighted by Crippen LogP contribution is 2.35. The lowest BCUT2D eigenvalue weighted by atomic mass is 10.0. The van der Waals surface area contributed by atoms with Crippen LogP contribution in [0.25, 0.3) is 0 Å². The first-order chi connectivity index (χ1) is 12.7. The summed E-state index contributed by atoms with van der Waals surface area (Å²) >= 11 is 0. The van der Waals surface area contributed by atoms with Crippen molar-refractivity contribution < 1.29 is 19.4 Å². The average molecular weight is 354 g/mol. The van der Waals surface area contributed by atoms with Gasteiger partial charge in [-0.2, -0.15) is 5.10 Å². The fourth-order valence-corrected chi connectivity index (χ4v) is 2.92. The molecule has 4 N–H and O–H groups in total. The Morgan fingerprint density at radius 2 is 2.04 bits per heavy atom. The Bertz CT molecular complexity index is 855. The van der Waals surface area contributed by atoms with Crippen molar-refractivity contribution in [2.45, 2.75) is 18.5 Å².